The molecule has 0 aliphatic heterocycles. The van der Waals surface area contributed by atoms with Crippen molar-refractivity contribution in [2.45, 2.75) is 51.7 Å². The van der Waals surface area contributed by atoms with Crippen molar-refractivity contribution >= 4 is 34.7 Å². The van der Waals surface area contributed by atoms with Crippen LogP contribution >= 0.6 is 23.1 Å². The number of hydrogen-bond donors (Lipinski definition) is 1. The lowest BCUT2D eigenvalue weighted by Crippen LogP contribution is -2.14. The number of carbonyl (C=O) groups is 1. The predicted octanol–water partition coefficient (Wildman–Crippen LogP) is 5.50. The molecule has 1 N–H and O–H groups in total. The zero-order valence-corrected chi connectivity index (χ0v) is 19.3. The molecule has 3 rings (SSSR count). The number of amides is 1. The smallest absolute Gasteiger partial charge is 0.234 e. The first-order valence-electron chi connectivity index (χ1n) is 10.3. The number of ether oxygens (including phenoxy) is 1. The lowest BCUT2D eigenvalue weighted by Gasteiger charge is -2.09. The Labute approximate surface area is 186 Å². The van der Waals surface area contributed by atoms with Gasteiger partial charge in [0.25, 0.3) is 0 Å². The minimum Gasteiger partial charge on any atom is -0.494 e. The molecule has 0 aliphatic carbocycles. The van der Waals surface area contributed by atoms with Gasteiger partial charge in [0.2, 0.25) is 5.91 Å². The van der Waals surface area contributed by atoms with E-state index in [9.17, 15) is 4.79 Å². The summed E-state index contributed by atoms with van der Waals surface area (Å²) in [6.07, 6.45) is 3.19. The summed E-state index contributed by atoms with van der Waals surface area (Å²) >= 11 is 3.18. The van der Waals surface area contributed by atoms with Crippen LogP contribution in [-0.4, -0.2) is 33.0 Å². The van der Waals surface area contributed by atoms with Crippen molar-refractivity contribution in [1.82, 2.24) is 14.8 Å². The number of rotatable bonds is 11. The van der Waals surface area contributed by atoms with Crippen LogP contribution in [0.25, 0.3) is 11.4 Å². The first-order valence-corrected chi connectivity index (χ1v) is 12.2. The molecule has 6 nitrogen and oxygen atoms in total. The number of thiophene rings is 1. The van der Waals surface area contributed by atoms with Gasteiger partial charge in [0.1, 0.15) is 5.75 Å². The molecule has 0 radical (unpaired) electrons. The molecule has 0 fully saturated rings. The number of carbonyl (C=O) groups excluding carboxylic acids is 1. The number of benzene rings is 1. The number of anilines is 1. The maximum atomic E-state index is 12.4. The minimum atomic E-state index is -0.0717. The van der Waals surface area contributed by atoms with E-state index in [-0.39, 0.29) is 11.7 Å². The van der Waals surface area contributed by atoms with Gasteiger partial charge in [-0.25, -0.2) is 0 Å². The molecule has 1 amide bonds. The third kappa shape index (κ3) is 5.86. The van der Waals surface area contributed by atoms with Gasteiger partial charge in [-0.15, -0.1) is 21.5 Å². The van der Waals surface area contributed by atoms with Gasteiger partial charge in [-0.05, 0) is 50.1 Å². The van der Waals surface area contributed by atoms with Gasteiger partial charge in [0.05, 0.1) is 12.4 Å². The van der Waals surface area contributed by atoms with E-state index in [1.807, 2.05) is 31.2 Å². The van der Waals surface area contributed by atoms with Crippen LogP contribution in [0.2, 0.25) is 0 Å². The molecule has 0 spiro atoms. The van der Waals surface area contributed by atoms with E-state index < -0.39 is 0 Å². The zero-order chi connectivity index (χ0) is 21.3. The second-order valence-corrected chi connectivity index (χ2v) is 8.74. The average molecular weight is 445 g/mol. The molecule has 1 aromatic carbocycles. The van der Waals surface area contributed by atoms with Crippen molar-refractivity contribution in [1.29, 1.82) is 0 Å². The summed E-state index contributed by atoms with van der Waals surface area (Å²) in [5, 5.41) is 14.6. The quantitative estimate of drug-likeness (QED) is 0.396. The van der Waals surface area contributed by atoms with Gasteiger partial charge in [-0.3, -0.25) is 4.79 Å². The summed E-state index contributed by atoms with van der Waals surface area (Å²) in [7, 11) is 0. The van der Waals surface area contributed by atoms with Gasteiger partial charge < -0.3 is 14.6 Å². The van der Waals surface area contributed by atoms with Crippen LogP contribution in [0.4, 0.5) is 5.69 Å². The highest BCUT2D eigenvalue weighted by Gasteiger charge is 2.16. The summed E-state index contributed by atoms with van der Waals surface area (Å²) < 4.78 is 7.54. The SMILES string of the molecule is CCCc1cc(-c2nnc(SCC(=O)Nc3ccc(OCC)cc3)n2CCC)cs1. The molecule has 160 valence electrons. The second kappa shape index (κ2) is 11.2. The standard InChI is InChI=1S/C22H28N4O2S2/c1-4-7-19-13-16(14-29-19)21-24-25-22(26(21)12-5-2)30-15-20(27)23-17-8-10-18(11-9-17)28-6-3/h8-11,13-14H,4-7,12,15H2,1-3H3,(H,23,27). The highest BCUT2D eigenvalue weighted by molar-refractivity contribution is 7.99. The molecule has 0 unspecified atom stereocenters. The lowest BCUT2D eigenvalue weighted by molar-refractivity contribution is -0.113. The maximum absolute atomic E-state index is 12.4. The van der Waals surface area contributed by atoms with Crippen molar-refractivity contribution in [3.63, 3.8) is 0 Å². The van der Waals surface area contributed by atoms with Gasteiger partial charge in [0.15, 0.2) is 11.0 Å². The molecule has 0 aliphatic rings. The Bertz CT molecular complexity index is 950. The number of nitrogens with one attached hydrogen (secondary N) is 1. The largest absolute Gasteiger partial charge is 0.494 e. The van der Waals surface area contributed by atoms with Gasteiger partial charge in [-0.2, -0.15) is 0 Å². The second-order valence-electron chi connectivity index (χ2n) is 6.80. The molecule has 0 atom stereocenters. The Hall–Kier alpha value is -2.32. The average Bonchev–Trinajstić information content (AvgIpc) is 3.36. The van der Waals surface area contributed by atoms with Gasteiger partial charge >= 0.3 is 0 Å². The van der Waals surface area contributed by atoms with Crippen LogP contribution in [0.3, 0.4) is 0 Å². The summed E-state index contributed by atoms with van der Waals surface area (Å²) in [6.45, 7) is 7.70. The van der Waals surface area contributed by atoms with Gasteiger partial charge in [-0.1, -0.05) is 32.0 Å². The Balaban J connectivity index is 1.64. The Morgan fingerprint density at radius 1 is 1.17 bits per heavy atom. The van der Waals surface area contributed by atoms with E-state index in [4.69, 9.17) is 4.74 Å². The van der Waals surface area contributed by atoms with E-state index in [0.29, 0.717) is 6.61 Å². The number of thioether (sulfide) groups is 1. The highest BCUT2D eigenvalue weighted by Crippen LogP contribution is 2.29. The molecule has 2 aromatic heterocycles. The minimum absolute atomic E-state index is 0.0717. The maximum Gasteiger partial charge on any atom is 0.234 e. The fraction of sp³-hybridized carbons (Fsp3) is 0.409. The molecule has 0 bridgehead atoms. The van der Waals surface area contributed by atoms with Crippen LogP contribution in [0.1, 0.15) is 38.5 Å². The monoisotopic (exact) mass is 444 g/mol. The number of aromatic nitrogens is 3. The van der Waals surface area contributed by atoms with E-state index in [2.05, 4.69) is 45.4 Å². The zero-order valence-electron chi connectivity index (χ0n) is 17.7. The lowest BCUT2D eigenvalue weighted by atomic mass is 10.2. The molecule has 3 aromatic rings. The fourth-order valence-electron chi connectivity index (χ4n) is 3.04. The summed E-state index contributed by atoms with van der Waals surface area (Å²) in [5.74, 6) is 1.88. The molecule has 30 heavy (non-hydrogen) atoms. The van der Waals surface area contributed by atoms with Gasteiger partial charge in [0, 0.05) is 28.1 Å². The van der Waals surface area contributed by atoms with E-state index in [0.717, 1.165) is 53.8 Å². The first kappa shape index (κ1) is 22.4. The van der Waals surface area contributed by atoms with E-state index >= 15 is 0 Å². The Morgan fingerprint density at radius 3 is 2.67 bits per heavy atom. The van der Waals surface area contributed by atoms with Crippen LogP contribution in [0.5, 0.6) is 5.75 Å². The number of aryl methyl sites for hydroxylation is 1. The summed E-state index contributed by atoms with van der Waals surface area (Å²) in [6, 6.07) is 9.59. The van der Waals surface area contributed by atoms with Crippen LogP contribution < -0.4 is 10.1 Å². The molecular weight excluding hydrogens is 416 g/mol. The molecule has 0 saturated carbocycles. The summed E-state index contributed by atoms with van der Waals surface area (Å²) in [4.78, 5) is 13.8. The normalized spacial score (nSPS) is 10.9. The van der Waals surface area contributed by atoms with E-state index in [1.165, 1.54) is 16.6 Å². The molecule has 8 heteroatoms. The summed E-state index contributed by atoms with van der Waals surface area (Å²) in [5.41, 5.74) is 1.86. The highest BCUT2D eigenvalue weighted by atomic mass is 32.2. The van der Waals surface area contributed by atoms with Crippen LogP contribution in [0.15, 0.2) is 40.9 Å². The topological polar surface area (TPSA) is 69.0 Å². The fourth-order valence-corrected chi connectivity index (χ4v) is 4.77. The van der Waals surface area contributed by atoms with Crippen molar-refractivity contribution < 1.29 is 9.53 Å². The van der Waals surface area contributed by atoms with E-state index in [1.54, 1.807) is 11.3 Å². The first-order chi connectivity index (χ1) is 14.6. The van der Waals surface area contributed by atoms with Crippen molar-refractivity contribution in [3.8, 4) is 17.1 Å². The molecular formula is C22H28N4O2S2. The third-order valence-electron chi connectivity index (χ3n) is 4.35. The number of hydrogen-bond acceptors (Lipinski definition) is 6. The van der Waals surface area contributed by atoms with Crippen molar-refractivity contribution in [3.05, 3.63) is 40.6 Å². The number of nitrogens with zero attached hydrogens (tertiary/aromatic N) is 3. The Morgan fingerprint density at radius 2 is 1.97 bits per heavy atom. The van der Waals surface area contributed by atoms with Crippen LogP contribution in [-0.2, 0) is 17.8 Å². The predicted molar refractivity (Wildman–Crippen MR) is 125 cm³/mol. The Kier molecular flexibility index (Phi) is 8.33. The molecule has 0 saturated heterocycles. The molecule has 2 heterocycles. The van der Waals surface area contributed by atoms with Crippen LogP contribution in [0, 0.1) is 0 Å². The van der Waals surface area contributed by atoms with Crippen molar-refractivity contribution in [2.75, 3.05) is 17.7 Å². The van der Waals surface area contributed by atoms with Crippen molar-refractivity contribution in [2.24, 2.45) is 0 Å². The third-order valence-corrected chi connectivity index (χ3v) is 6.32.